The Morgan fingerprint density at radius 1 is 1.41 bits per heavy atom. The standard InChI is InChI=1S/C13H10N6OS2/c1-7-5-22-13(17-7)18-10(20)6-21-12-9(4-15)2-8(3-14)11(16)19-12/h2,5H,6H2,1H3,(H2,16,19)(H,17,18,20). The highest BCUT2D eigenvalue weighted by atomic mass is 32.2. The first-order valence-electron chi connectivity index (χ1n) is 5.99. The van der Waals surface area contributed by atoms with Crippen molar-refractivity contribution in [1.82, 2.24) is 9.97 Å². The molecule has 2 heterocycles. The maximum absolute atomic E-state index is 11.8. The smallest absolute Gasteiger partial charge is 0.236 e. The quantitative estimate of drug-likeness (QED) is 0.819. The van der Waals surface area contributed by atoms with Crippen molar-refractivity contribution < 1.29 is 4.79 Å². The Hall–Kier alpha value is -2.62. The third-order valence-corrected chi connectivity index (χ3v) is 4.33. The van der Waals surface area contributed by atoms with Crippen LogP contribution >= 0.6 is 23.1 Å². The van der Waals surface area contributed by atoms with Gasteiger partial charge in [-0.3, -0.25) is 4.79 Å². The van der Waals surface area contributed by atoms with E-state index < -0.39 is 0 Å². The number of anilines is 2. The molecule has 1 amide bonds. The zero-order valence-electron chi connectivity index (χ0n) is 11.5. The summed E-state index contributed by atoms with van der Waals surface area (Å²) in [5, 5.41) is 23.3. The average Bonchev–Trinajstić information content (AvgIpc) is 2.90. The second-order valence-corrected chi connectivity index (χ2v) is 5.95. The van der Waals surface area contributed by atoms with E-state index in [4.69, 9.17) is 16.3 Å². The van der Waals surface area contributed by atoms with Crippen LogP contribution in [0.25, 0.3) is 0 Å². The molecule has 0 saturated heterocycles. The monoisotopic (exact) mass is 330 g/mol. The Morgan fingerprint density at radius 2 is 2.14 bits per heavy atom. The number of nitrogens with two attached hydrogens (primary N) is 1. The molecule has 0 spiro atoms. The van der Waals surface area contributed by atoms with Gasteiger partial charge in [-0.2, -0.15) is 10.5 Å². The molecule has 0 fully saturated rings. The Bertz CT molecular complexity index is 802. The van der Waals surface area contributed by atoms with Gasteiger partial charge in [0.05, 0.1) is 22.6 Å². The maximum Gasteiger partial charge on any atom is 0.236 e. The van der Waals surface area contributed by atoms with Crippen molar-refractivity contribution in [2.24, 2.45) is 0 Å². The number of nitriles is 2. The van der Waals surface area contributed by atoms with E-state index in [0.717, 1.165) is 17.5 Å². The summed E-state index contributed by atoms with van der Waals surface area (Å²) < 4.78 is 0. The molecular weight excluding hydrogens is 320 g/mol. The fraction of sp³-hybridized carbons (Fsp3) is 0.154. The van der Waals surface area contributed by atoms with E-state index in [1.165, 1.54) is 17.4 Å². The Kier molecular flexibility index (Phi) is 4.94. The number of aromatic nitrogens is 2. The van der Waals surface area contributed by atoms with Gasteiger partial charge in [0, 0.05) is 5.38 Å². The number of carbonyl (C=O) groups is 1. The highest BCUT2D eigenvalue weighted by molar-refractivity contribution is 8.00. The minimum Gasteiger partial charge on any atom is -0.383 e. The Balaban J connectivity index is 2.05. The lowest BCUT2D eigenvalue weighted by atomic mass is 10.2. The molecule has 0 aromatic carbocycles. The predicted octanol–water partition coefficient (Wildman–Crippen LogP) is 1.90. The largest absolute Gasteiger partial charge is 0.383 e. The van der Waals surface area contributed by atoms with Crippen molar-refractivity contribution in [2.45, 2.75) is 11.9 Å². The number of pyridine rings is 1. The van der Waals surface area contributed by atoms with Crippen LogP contribution in [-0.4, -0.2) is 21.6 Å². The molecule has 0 aliphatic carbocycles. The molecule has 0 aliphatic rings. The first-order chi connectivity index (χ1) is 10.5. The summed E-state index contributed by atoms with van der Waals surface area (Å²) in [6, 6.07) is 5.17. The van der Waals surface area contributed by atoms with Gasteiger partial charge in [-0.05, 0) is 13.0 Å². The van der Waals surface area contributed by atoms with Crippen LogP contribution in [0.3, 0.4) is 0 Å². The van der Waals surface area contributed by atoms with Crippen LogP contribution in [0.1, 0.15) is 16.8 Å². The van der Waals surface area contributed by atoms with Crippen LogP contribution in [0.4, 0.5) is 10.9 Å². The molecule has 22 heavy (non-hydrogen) atoms. The number of amides is 1. The zero-order valence-corrected chi connectivity index (χ0v) is 13.1. The maximum atomic E-state index is 11.8. The third-order valence-electron chi connectivity index (χ3n) is 2.46. The van der Waals surface area contributed by atoms with Gasteiger partial charge in [0.15, 0.2) is 5.13 Å². The molecule has 9 heteroatoms. The van der Waals surface area contributed by atoms with Crippen molar-refractivity contribution in [1.29, 1.82) is 10.5 Å². The minimum atomic E-state index is -0.257. The molecule has 0 atom stereocenters. The summed E-state index contributed by atoms with van der Waals surface area (Å²) in [6.07, 6.45) is 0. The summed E-state index contributed by atoms with van der Waals surface area (Å²) >= 11 is 2.42. The number of nitrogen functional groups attached to an aromatic ring is 1. The van der Waals surface area contributed by atoms with E-state index in [1.54, 1.807) is 0 Å². The van der Waals surface area contributed by atoms with E-state index in [1.807, 2.05) is 24.4 Å². The summed E-state index contributed by atoms with van der Waals surface area (Å²) in [6.45, 7) is 1.84. The van der Waals surface area contributed by atoms with E-state index in [9.17, 15) is 4.79 Å². The van der Waals surface area contributed by atoms with Crippen molar-refractivity contribution in [2.75, 3.05) is 16.8 Å². The minimum absolute atomic E-state index is 0.0416. The zero-order chi connectivity index (χ0) is 16.1. The highest BCUT2D eigenvalue weighted by Gasteiger charge is 2.13. The number of thiazole rings is 1. The van der Waals surface area contributed by atoms with E-state index in [2.05, 4.69) is 15.3 Å². The summed E-state index contributed by atoms with van der Waals surface area (Å²) in [5.74, 6) is -0.154. The molecule has 0 radical (unpaired) electrons. The van der Waals surface area contributed by atoms with Gasteiger partial charge in [0.25, 0.3) is 0 Å². The van der Waals surface area contributed by atoms with Crippen LogP contribution in [-0.2, 0) is 4.79 Å². The molecule has 0 saturated carbocycles. The van der Waals surface area contributed by atoms with Gasteiger partial charge in [-0.25, -0.2) is 9.97 Å². The van der Waals surface area contributed by atoms with Crippen LogP contribution in [0.5, 0.6) is 0 Å². The van der Waals surface area contributed by atoms with Crippen LogP contribution in [0, 0.1) is 29.6 Å². The molecule has 7 nitrogen and oxygen atoms in total. The number of rotatable bonds is 4. The van der Waals surface area contributed by atoms with Gasteiger partial charge in [-0.1, -0.05) is 11.8 Å². The lowest BCUT2D eigenvalue weighted by Gasteiger charge is -2.05. The number of nitrogens with zero attached hydrogens (tertiary/aromatic N) is 4. The lowest BCUT2D eigenvalue weighted by Crippen LogP contribution is -2.14. The Labute approximate surface area is 134 Å². The van der Waals surface area contributed by atoms with Crippen LogP contribution in [0.2, 0.25) is 0 Å². The lowest BCUT2D eigenvalue weighted by molar-refractivity contribution is -0.113. The second-order valence-electron chi connectivity index (χ2n) is 4.13. The fourth-order valence-electron chi connectivity index (χ4n) is 1.49. The van der Waals surface area contributed by atoms with Gasteiger partial charge >= 0.3 is 0 Å². The molecular formula is C13H10N6OS2. The first kappa shape index (κ1) is 15.8. The highest BCUT2D eigenvalue weighted by Crippen LogP contribution is 2.24. The van der Waals surface area contributed by atoms with Crippen LogP contribution < -0.4 is 11.1 Å². The molecule has 2 rings (SSSR count). The van der Waals surface area contributed by atoms with Gasteiger partial charge in [0.2, 0.25) is 5.91 Å². The number of aryl methyl sites for hydroxylation is 1. The number of carbonyl (C=O) groups excluding carboxylic acids is 1. The van der Waals surface area contributed by atoms with Crippen molar-refractivity contribution >= 4 is 40.0 Å². The summed E-state index contributed by atoms with van der Waals surface area (Å²) in [7, 11) is 0. The molecule has 0 unspecified atom stereocenters. The average molecular weight is 330 g/mol. The number of hydrogen-bond acceptors (Lipinski definition) is 8. The van der Waals surface area contributed by atoms with E-state index in [-0.39, 0.29) is 28.6 Å². The van der Waals surface area contributed by atoms with Crippen molar-refractivity contribution in [3.8, 4) is 12.1 Å². The van der Waals surface area contributed by atoms with Gasteiger partial charge < -0.3 is 11.1 Å². The summed E-state index contributed by atoms with van der Waals surface area (Å²) in [4.78, 5) is 20.0. The molecule has 0 aliphatic heterocycles. The van der Waals surface area contributed by atoms with Crippen molar-refractivity contribution in [3.05, 3.63) is 28.3 Å². The number of hydrogen-bond donors (Lipinski definition) is 2. The molecule has 2 aromatic rings. The molecule has 3 N–H and O–H groups in total. The summed E-state index contributed by atoms with van der Waals surface area (Å²) in [5.41, 5.74) is 6.82. The normalized spacial score (nSPS) is 9.77. The third kappa shape index (κ3) is 3.73. The topological polar surface area (TPSA) is 128 Å². The van der Waals surface area contributed by atoms with Gasteiger partial charge in [-0.15, -0.1) is 11.3 Å². The molecule has 2 aromatic heterocycles. The van der Waals surface area contributed by atoms with E-state index in [0.29, 0.717) is 10.2 Å². The SMILES string of the molecule is Cc1csc(NC(=O)CSc2nc(N)c(C#N)cc2C#N)n1. The number of thioether (sulfide) groups is 1. The second kappa shape index (κ2) is 6.89. The number of nitrogens with one attached hydrogen (secondary N) is 1. The van der Waals surface area contributed by atoms with Gasteiger partial charge in [0.1, 0.15) is 23.0 Å². The van der Waals surface area contributed by atoms with Crippen LogP contribution in [0.15, 0.2) is 16.5 Å². The van der Waals surface area contributed by atoms with Crippen molar-refractivity contribution in [3.63, 3.8) is 0 Å². The first-order valence-corrected chi connectivity index (χ1v) is 7.85. The molecule has 0 bridgehead atoms. The predicted molar refractivity (Wildman–Crippen MR) is 84.3 cm³/mol. The fourth-order valence-corrected chi connectivity index (χ4v) is 2.96. The Morgan fingerprint density at radius 3 is 2.73 bits per heavy atom. The van der Waals surface area contributed by atoms with E-state index >= 15 is 0 Å². The molecule has 110 valence electrons.